The average molecular weight is 392 g/mol. The molecular formula is C11H7Cl2F4N3O2S. The number of nitrogens with zero attached hydrogens (tertiary/aromatic N) is 2. The van der Waals surface area contributed by atoms with E-state index in [1.807, 2.05) is 0 Å². The molecule has 0 amide bonds. The van der Waals surface area contributed by atoms with Crippen molar-refractivity contribution in [3.63, 3.8) is 0 Å². The smallest absolute Gasteiger partial charge is 0.267 e. The van der Waals surface area contributed by atoms with Gasteiger partial charge in [0.25, 0.3) is 0 Å². The molecule has 0 fully saturated rings. The lowest BCUT2D eigenvalue weighted by atomic mass is 10.2. The van der Waals surface area contributed by atoms with Gasteiger partial charge in [-0.25, -0.2) is 17.5 Å². The van der Waals surface area contributed by atoms with Crippen LogP contribution in [0.4, 0.5) is 23.4 Å². The van der Waals surface area contributed by atoms with Crippen molar-refractivity contribution in [2.75, 3.05) is 11.0 Å². The van der Waals surface area contributed by atoms with Gasteiger partial charge in [-0.2, -0.15) is 18.3 Å². The molecule has 1 aromatic carbocycles. The molecule has 0 aliphatic rings. The van der Waals surface area contributed by atoms with Crippen LogP contribution in [0.1, 0.15) is 5.56 Å². The molecule has 23 heavy (non-hydrogen) atoms. The van der Waals surface area contributed by atoms with Crippen LogP contribution in [0.2, 0.25) is 10.0 Å². The first-order valence-corrected chi connectivity index (χ1v) is 8.33. The first-order chi connectivity index (χ1) is 10.4. The maximum Gasteiger partial charge on any atom is 0.419 e. The molecule has 1 N–H and O–H groups in total. The Bertz CT molecular complexity index is 865. The molecule has 1 heterocycles. The Morgan fingerprint density at radius 1 is 1.30 bits per heavy atom. The number of nitrogens with one attached hydrogen (secondary N) is 1. The SMILES string of the molecule is CS(=O)(=O)Nc1ccnn1-c1c(Cl)cc(C(F)(F)F)c(F)c1Cl. The molecule has 0 atom stereocenters. The van der Waals surface area contributed by atoms with Crippen LogP contribution in [0.3, 0.4) is 0 Å². The molecule has 0 aliphatic heterocycles. The van der Waals surface area contributed by atoms with Gasteiger partial charge in [-0.05, 0) is 6.07 Å². The molecular weight excluding hydrogens is 385 g/mol. The van der Waals surface area contributed by atoms with Crippen molar-refractivity contribution in [1.29, 1.82) is 0 Å². The molecule has 0 spiro atoms. The predicted molar refractivity (Wildman–Crippen MR) is 77.0 cm³/mol. The second-order valence-corrected chi connectivity index (χ2v) is 6.92. The number of hydrogen-bond donors (Lipinski definition) is 1. The standard InChI is InChI=1S/C11H7Cl2F4N3O2S/c1-23(21,22)19-7-2-3-18-20(7)10-6(12)4-5(11(15,16)17)9(14)8(10)13/h2-4,19H,1H3. The summed E-state index contributed by atoms with van der Waals surface area (Å²) in [5, 5.41) is 2.21. The van der Waals surface area contributed by atoms with E-state index < -0.39 is 43.3 Å². The van der Waals surface area contributed by atoms with Crippen molar-refractivity contribution in [2.24, 2.45) is 0 Å². The van der Waals surface area contributed by atoms with E-state index >= 15 is 0 Å². The van der Waals surface area contributed by atoms with Crippen LogP contribution in [0.15, 0.2) is 18.3 Å². The van der Waals surface area contributed by atoms with E-state index in [-0.39, 0.29) is 5.82 Å². The van der Waals surface area contributed by atoms with Crippen molar-refractivity contribution >= 4 is 39.0 Å². The van der Waals surface area contributed by atoms with E-state index in [4.69, 9.17) is 23.2 Å². The van der Waals surface area contributed by atoms with Gasteiger partial charge in [-0.15, -0.1) is 0 Å². The van der Waals surface area contributed by atoms with E-state index in [0.29, 0.717) is 6.07 Å². The molecule has 126 valence electrons. The molecule has 0 saturated heterocycles. The lowest BCUT2D eigenvalue weighted by Gasteiger charge is -2.15. The highest BCUT2D eigenvalue weighted by atomic mass is 35.5. The molecule has 2 aromatic rings. The second kappa shape index (κ2) is 5.84. The van der Waals surface area contributed by atoms with Gasteiger partial charge in [-0.3, -0.25) is 4.72 Å². The third kappa shape index (κ3) is 3.70. The molecule has 0 bridgehead atoms. The van der Waals surface area contributed by atoms with Gasteiger partial charge in [0, 0.05) is 6.07 Å². The highest BCUT2D eigenvalue weighted by molar-refractivity contribution is 7.92. The zero-order valence-electron chi connectivity index (χ0n) is 11.1. The minimum Gasteiger partial charge on any atom is -0.267 e. The van der Waals surface area contributed by atoms with Crippen molar-refractivity contribution < 1.29 is 26.0 Å². The predicted octanol–water partition coefficient (Wildman–Crippen LogP) is 3.71. The summed E-state index contributed by atoms with van der Waals surface area (Å²) in [4.78, 5) is 0. The van der Waals surface area contributed by atoms with Gasteiger partial charge in [0.1, 0.15) is 16.5 Å². The normalized spacial score (nSPS) is 12.5. The first kappa shape index (κ1) is 17.8. The van der Waals surface area contributed by atoms with Crippen molar-refractivity contribution in [3.8, 4) is 5.69 Å². The van der Waals surface area contributed by atoms with Crippen molar-refractivity contribution in [3.05, 3.63) is 39.8 Å². The third-order valence-electron chi connectivity index (χ3n) is 2.58. The van der Waals surface area contributed by atoms with Gasteiger partial charge < -0.3 is 0 Å². The highest BCUT2D eigenvalue weighted by Gasteiger charge is 2.37. The number of aromatic nitrogens is 2. The highest BCUT2D eigenvalue weighted by Crippen LogP contribution is 2.40. The van der Waals surface area contributed by atoms with Crippen LogP contribution in [0.25, 0.3) is 5.69 Å². The summed E-state index contributed by atoms with van der Waals surface area (Å²) in [5.74, 6) is -1.91. The Kier molecular flexibility index (Phi) is 4.53. The average Bonchev–Trinajstić information content (AvgIpc) is 2.78. The number of sulfonamides is 1. The lowest BCUT2D eigenvalue weighted by Crippen LogP contribution is -2.15. The van der Waals surface area contributed by atoms with Crippen LogP contribution in [-0.2, 0) is 16.2 Å². The summed E-state index contributed by atoms with van der Waals surface area (Å²) in [7, 11) is -3.72. The Hall–Kier alpha value is -1.52. The van der Waals surface area contributed by atoms with Gasteiger partial charge >= 0.3 is 6.18 Å². The maximum absolute atomic E-state index is 13.9. The Morgan fingerprint density at radius 3 is 2.43 bits per heavy atom. The minimum atomic E-state index is -4.99. The third-order valence-corrected chi connectivity index (χ3v) is 3.80. The van der Waals surface area contributed by atoms with Gasteiger partial charge in [0.05, 0.1) is 23.0 Å². The van der Waals surface area contributed by atoms with E-state index in [1.54, 1.807) is 0 Å². The Balaban J connectivity index is 2.68. The number of halogens is 6. The summed E-state index contributed by atoms with van der Waals surface area (Å²) in [6.45, 7) is 0. The van der Waals surface area contributed by atoms with Crippen LogP contribution in [0.5, 0.6) is 0 Å². The number of hydrogen-bond acceptors (Lipinski definition) is 3. The van der Waals surface area contributed by atoms with Crippen LogP contribution in [0, 0.1) is 5.82 Å². The quantitative estimate of drug-likeness (QED) is 0.640. The number of anilines is 1. The maximum atomic E-state index is 13.9. The minimum absolute atomic E-state index is 0.171. The molecule has 0 unspecified atom stereocenters. The molecule has 0 aliphatic carbocycles. The monoisotopic (exact) mass is 391 g/mol. The Labute approximate surface area is 137 Å². The molecule has 0 radical (unpaired) electrons. The molecule has 2 rings (SSSR count). The zero-order valence-corrected chi connectivity index (χ0v) is 13.4. The summed E-state index contributed by atoms with van der Waals surface area (Å²) in [6, 6.07) is 1.55. The van der Waals surface area contributed by atoms with E-state index in [2.05, 4.69) is 9.82 Å². The van der Waals surface area contributed by atoms with Crippen molar-refractivity contribution in [1.82, 2.24) is 9.78 Å². The molecule has 0 saturated carbocycles. The largest absolute Gasteiger partial charge is 0.419 e. The van der Waals surface area contributed by atoms with Gasteiger partial charge in [0.15, 0.2) is 5.82 Å². The van der Waals surface area contributed by atoms with E-state index in [9.17, 15) is 26.0 Å². The fourth-order valence-corrected chi connectivity index (χ4v) is 2.88. The molecule has 12 heteroatoms. The fourth-order valence-electron chi connectivity index (χ4n) is 1.73. The second-order valence-electron chi connectivity index (χ2n) is 4.38. The zero-order chi connectivity index (χ0) is 17.6. The lowest BCUT2D eigenvalue weighted by molar-refractivity contribution is -0.139. The van der Waals surface area contributed by atoms with Gasteiger partial charge in [0.2, 0.25) is 10.0 Å². The number of benzene rings is 1. The molecule has 1 aromatic heterocycles. The topological polar surface area (TPSA) is 64.0 Å². The summed E-state index contributed by atoms with van der Waals surface area (Å²) in [6.07, 6.45) is -3.01. The van der Waals surface area contributed by atoms with Crippen LogP contribution < -0.4 is 4.72 Å². The fraction of sp³-hybridized carbons (Fsp3) is 0.182. The van der Waals surface area contributed by atoms with E-state index in [0.717, 1.165) is 17.1 Å². The summed E-state index contributed by atoms with van der Waals surface area (Å²) >= 11 is 11.4. The van der Waals surface area contributed by atoms with Gasteiger partial charge in [-0.1, -0.05) is 23.2 Å². The van der Waals surface area contributed by atoms with Crippen LogP contribution >= 0.6 is 23.2 Å². The number of alkyl halides is 3. The van der Waals surface area contributed by atoms with E-state index in [1.165, 1.54) is 6.07 Å². The Morgan fingerprint density at radius 2 is 1.91 bits per heavy atom. The number of rotatable bonds is 3. The summed E-state index contributed by atoms with van der Waals surface area (Å²) < 4.78 is 77.4. The van der Waals surface area contributed by atoms with Crippen molar-refractivity contribution in [2.45, 2.75) is 6.18 Å². The summed E-state index contributed by atoms with van der Waals surface area (Å²) in [5.41, 5.74) is -2.06. The van der Waals surface area contributed by atoms with Crippen LogP contribution in [-0.4, -0.2) is 24.5 Å². The first-order valence-electron chi connectivity index (χ1n) is 5.68. The molecule has 5 nitrogen and oxygen atoms in total.